The summed E-state index contributed by atoms with van der Waals surface area (Å²) in [5.41, 5.74) is 1.06. The van der Waals surface area contributed by atoms with Crippen LogP contribution in [0.1, 0.15) is 20.3 Å². The van der Waals surface area contributed by atoms with E-state index in [0.717, 1.165) is 11.9 Å². The Hall–Kier alpha value is -0.630. The summed E-state index contributed by atoms with van der Waals surface area (Å²) in [6.07, 6.45) is 3.45. The van der Waals surface area contributed by atoms with Crippen LogP contribution < -0.4 is 0 Å². The molecule has 0 aromatic heterocycles. The molecule has 2 nitrogen and oxygen atoms in total. The van der Waals surface area contributed by atoms with Gasteiger partial charge >= 0.3 is 0 Å². The van der Waals surface area contributed by atoms with Gasteiger partial charge in [-0.25, -0.2) is 0 Å². The molecule has 0 aromatic rings. The smallest absolute Gasteiger partial charge is 0.124 e. The van der Waals surface area contributed by atoms with Crippen LogP contribution in [0.4, 0.5) is 0 Å². The van der Waals surface area contributed by atoms with Gasteiger partial charge in [0.2, 0.25) is 0 Å². The first kappa shape index (κ1) is 9.37. The van der Waals surface area contributed by atoms with Crippen LogP contribution in [0.5, 0.6) is 0 Å². The molecule has 0 aliphatic rings. The van der Waals surface area contributed by atoms with Crippen molar-refractivity contribution in [2.45, 2.75) is 26.4 Å². The second-order valence-electron chi connectivity index (χ2n) is 2.32. The predicted octanol–water partition coefficient (Wildman–Crippen LogP) is 1.56. The zero-order valence-corrected chi connectivity index (χ0v) is 6.76. The summed E-state index contributed by atoms with van der Waals surface area (Å²) in [4.78, 5) is 10.0. The molecule has 0 aromatic carbocycles. The third-order valence-electron chi connectivity index (χ3n) is 1.30. The van der Waals surface area contributed by atoms with E-state index in [0.29, 0.717) is 6.42 Å². The minimum atomic E-state index is 0.111. The van der Waals surface area contributed by atoms with Gasteiger partial charge in [0.1, 0.15) is 6.29 Å². The molecule has 0 aliphatic heterocycles. The highest BCUT2D eigenvalue weighted by atomic mass is 16.5. The molecule has 0 radical (unpaired) electrons. The first-order valence-corrected chi connectivity index (χ1v) is 3.34. The van der Waals surface area contributed by atoms with E-state index in [1.807, 2.05) is 19.9 Å². The molecule has 1 atom stereocenters. The Morgan fingerprint density at radius 2 is 2.30 bits per heavy atom. The molecular formula is C8H14O2. The maximum Gasteiger partial charge on any atom is 0.124 e. The van der Waals surface area contributed by atoms with Crippen LogP contribution in [0, 0.1) is 0 Å². The maximum absolute atomic E-state index is 10.0. The third kappa shape index (κ3) is 4.27. The van der Waals surface area contributed by atoms with E-state index in [1.165, 1.54) is 0 Å². The van der Waals surface area contributed by atoms with Crippen molar-refractivity contribution >= 4 is 6.29 Å². The van der Waals surface area contributed by atoms with Crippen molar-refractivity contribution in [3.63, 3.8) is 0 Å². The van der Waals surface area contributed by atoms with Gasteiger partial charge in [0.15, 0.2) is 0 Å². The van der Waals surface area contributed by atoms with Crippen molar-refractivity contribution in [3.8, 4) is 0 Å². The highest BCUT2D eigenvalue weighted by Gasteiger charge is 1.93. The average molecular weight is 142 g/mol. The Bertz CT molecular complexity index is 127. The van der Waals surface area contributed by atoms with E-state index in [9.17, 15) is 4.79 Å². The maximum atomic E-state index is 10.0. The number of carbonyl (C=O) groups is 1. The first-order chi connectivity index (χ1) is 4.70. The van der Waals surface area contributed by atoms with E-state index in [4.69, 9.17) is 4.74 Å². The summed E-state index contributed by atoms with van der Waals surface area (Å²) in [5.74, 6) is 0. The van der Waals surface area contributed by atoms with Crippen LogP contribution in [0.25, 0.3) is 0 Å². The van der Waals surface area contributed by atoms with E-state index < -0.39 is 0 Å². The Kier molecular flexibility index (Phi) is 4.85. The summed E-state index contributed by atoms with van der Waals surface area (Å²) < 4.78 is 4.97. The fourth-order valence-electron chi connectivity index (χ4n) is 0.668. The molecule has 0 heterocycles. The predicted molar refractivity (Wildman–Crippen MR) is 40.9 cm³/mol. The van der Waals surface area contributed by atoms with Crippen LogP contribution in [0.2, 0.25) is 0 Å². The molecule has 0 bridgehead atoms. The Morgan fingerprint density at radius 1 is 1.70 bits per heavy atom. The van der Waals surface area contributed by atoms with Crippen molar-refractivity contribution in [2.75, 3.05) is 7.11 Å². The lowest BCUT2D eigenvalue weighted by Gasteiger charge is -2.03. The highest BCUT2D eigenvalue weighted by Crippen LogP contribution is 2.00. The minimum Gasteiger partial charge on any atom is -0.378 e. The van der Waals surface area contributed by atoms with Crippen molar-refractivity contribution in [1.82, 2.24) is 0 Å². The fourth-order valence-corrected chi connectivity index (χ4v) is 0.668. The van der Waals surface area contributed by atoms with Crippen LogP contribution in [-0.4, -0.2) is 19.5 Å². The van der Waals surface area contributed by atoms with Gasteiger partial charge in [-0.2, -0.15) is 0 Å². The first-order valence-electron chi connectivity index (χ1n) is 3.34. The van der Waals surface area contributed by atoms with Crippen LogP contribution >= 0.6 is 0 Å². The molecule has 0 N–H and O–H groups in total. The molecule has 0 saturated heterocycles. The lowest BCUT2D eigenvalue weighted by Crippen LogP contribution is -2.00. The molecule has 0 amide bonds. The number of hydrogen-bond acceptors (Lipinski definition) is 2. The van der Waals surface area contributed by atoms with Crippen LogP contribution in [0.3, 0.4) is 0 Å². The van der Waals surface area contributed by atoms with Crippen molar-refractivity contribution in [1.29, 1.82) is 0 Å². The molecule has 0 spiro atoms. The largest absolute Gasteiger partial charge is 0.378 e. The van der Waals surface area contributed by atoms with E-state index >= 15 is 0 Å². The molecule has 0 saturated carbocycles. The van der Waals surface area contributed by atoms with Crippen LogP contribution in [-0.2, 0) is 9.53 Å². The molecular weight excluding hydrogens is 128 g/mol. The summed E-state index contributed by atoms with van der Waals surface area (Å²) in [7, 11) is 1.65. The summed E-state index contributed by atoms with van der Waals surface area (Å²) in [6, 6.07) is 0. The second-order valence-corrected chi connectivity index (χ2v) is 2.32. The number of allylic oxidation sites excluding steroid dienone is 1. The summed E-state index contributed by atoms with van der Waals surface area (Å²) in [5, 5.41) is 0. The molecule has 2 heteroatoms. The van der Waals surface area contributed by atoms with Crippen molar-refractivity contribution in [3.05, 3.63) is 11.6 Å². The van der Waals surface area contributed by atoms with Gasteiger partial charge < -0.3 is 9.53 Å². The molecule has 0 fully saturated rings. The number of methoxy groups -OCH3 is 1. The minimum absolute atomic E-state index is 0.111. The van der Waals surface area contributed by atoms with Gasteiger partial charge in [-0.3, -0.25) is 0 Å². The number of ether oxygens (including phenoxy) is 1. The zero-order chi connectivity index (χ0) is 7.98. The molecule has 0 rings (SSSR count). The summed E-state index contributed by atoms with van der Waals surface area (Å²) in [6.45, 7) is 3.86. The van der Waals surface area contributed by atoms with Gasteiger partial charge in [0.05, 0.1) is 6.10 Å². The van der Waals surface area contributed by atoms with E-state index in [1.54, 1.807) is 7.11 Å². The number of carbonyl (C=O) groups excluding carboxylic acids is 1. The second kappa shape index (κ2) is 5.18. The Balaban J connectivity index is 3.76. The van der Waals surface area contributed by atoms with Crippen molar-refractivity contribution in [2.24, 2.45) is 0 Å². The Labute approximate surface area is 61.9 Å². The monoisotopic (exact) mass is 142 g/mol. The normalized spacial score (nSPS) is 14.9. The lowest BCUT2D eigenvalue weighted by atomic mass is 10.2. The van der Waals surface area contributed by atoms with Gasteiger partial charge in [0, 0.05) is 13.5 Å². The van der Waals surface area contributed by atoms with Crippen molar-refractivity contribution < 1.29 is 9.53 Å². The van der Waals surface area contributed by atoms with Gasteiger partial charge in [-0.1, -0.05) is 11.6 Å². The van der Waals surface area contributed by atoms with Gasteiger partial charge in [-0.05, 0) is 13.8 Å². The van der Waals surface area contributed by atoms with E-state index in [2.05, 4.69) is 0 Å². The highest BCUT2D eigenvalue weighted by molar-refractivity contribution is 5.53. The van der Waals surface area contributed by atoms with E-state index in [-0.39, 0.29) is 6.10 Å². The molecule has 0 aliphatic carbocycles. The van der Waals surface area contributed by atoms with Gasteiger partial charge in [-0.15, -0.1) is 0 Å². The molecule has 58 valence electrons. The van der Waals surface area contributed by atoms with Gasteiger partial charge in [0.25, 0.3) is 0 Å². The summed E-state index contributed by atoms with van der Waals surface area (Å²) >= 11 is 0. The lowest BCUT2D eigenvalue weighted by molar-refractivity contribution is -0.107. The average Bonchev–Trinajstić information content (AvgIpc) is 1.88. The number of hydrogen-bond donors (Lipinski definition) is 0. The topological polar surface area (TPSA) is 26.3 Å². The molecule has 1 unspecified atom stereocenters. The number of rotatable bonds is 4. The zero-order valence-electron chi connectivity index (χ0n) is 6.76. The molecule has 10 heavy (non-hydrogen) atoms. The quantitative estimate of drug-likeness (QED) is 0.440. The standard InChI is InChI=1S/C8H14O2/c1-7(4-5-9)6-8(2)10-3/h5-6,8H,4H2,1-3H3/b7-6+. The SMILES string of the molecule is COC(C)/C=C(\C)CC=O. The Morgan fingerprint density at radius 3 is 2.70 bits per heavy atom. The fraction of sp³-hybridized carbons (Fsp3) is 0.625. The van der Waals surface area contributed by atoms with Crippen LogP contribution in [0.15, 0.2) is 11.6 Å². The number of aldehydes is 1. The third-order valence-corrected chi connectivity index (χ3v) is 1.30.